The van der Waals surface area contributed by atoms with Crippen molar-refractivity contribution in [3.63, 3.8) is 0 Å². The van der Waals surface area contributed by atoms with Crippen LogP contribution in [-0.4, -0.2) is 40.3 Å². The van der Waals surface area contributed by atoms with E-state index >= 15 is 0 Å². The number of aromatic nitrogens is 2. The van der Waals surface area contributed by atoms with Gasteiger partial charge in [-0.3, -0.25) is 9.48 Å². The van der Waals surface area contributed by atoms with Crippen molar-refractivity contribution in [2.24, 2.45) is 0 Å². The van der Waals surface area contributed by atoms with Crippen molar-refractivity contribution in [2.75, 3.05) is 34.8 Å². The minimum Gasteiger partial charge on any atom is -0.369 e. The van der Waals surface area contributed by atoms with Gasteiger partial charge in [0.15, 0.2) is 5.69 Å². The molecule has 1 N–H and O–H groups in total. The van der Waals surface area contributed by atoms with E-state index < -0.39 is 17.8 Å². The monoisotopic (exact) mass is 404 g/mol. The number of amides is 1. The molecule has 0 atom stereocenters. The van der Waals surface area contributed by atoms with E-state index in [0.717, 1.165) is 47.2 Å². The van der Waals surface area contributed by atoms with E-state index in [-0.39, 0.29) is 6.54 Å². The number of nitrogens with zero attached hydrogens (tertiary/aromatic N) is 3. The van der Waals surface area contributed by atoms with E-state index in [9.17, 15) is 18.0 Å². The van der Waals surface area contributed by atoms with Gasteiger partial charge in [-0.25, -0.2) is 0 Å². The number of carbonyl (C=O) groups excluding carboxylic acids is 1. The van der Waals surface area contributed by atoms with E-state index in [4.69, 9.17) is 11.6 Å². The summed E-state index contributed by atoms with van der Waals surface area (Å²) >= 11 is 8.21. The Hall–Kier alpha value is -1.87. The fourth-order valence-corrected chi connectivity index (χ4v) is 3.80. The van der Waals surface area contributed by atoms with Gasteiger partial charge < -0.3 is 10.2 Å². The first-order chi connectivity index (χ1) is 12.3. The molecule has 0 radical (unpaired) electrons. The van der Waals surface area contributed by atoms with E-state index in [1.54, 1.807) is 12.1 Å². The van der Waals surface area contributed by atoms with Crippen molar-refractivity contribution >= 4 is 40.6 Å². The highest BCUT2D eigenvalue weighted by Crippen LogP contribution is 2.30. The van der Waals surface area contributed by atoms with Crippen LogP contribution in [0.1, 0.15) is 5.69 Å². The Morgan fingerprint density at radius 3 is 2.62 bits per heavy atom. The third-order valence-corrected chi connectivity index (χ3v) is 5.07. The number of halogens is 4. The first-order valence-corrected chi connectivity index (χ1v) is 9.39. The molecule has 5 nitrogen and oxygen atoms in total. The third kappa shape index (κ3) is 4.64. The first-order valence-electron chi connectivity index (χ1n) is 7.86. The second-order valence-electron chi connectivity index (χ2n) is 5.71. The van der Waals surface area contributed by atoms with Crippen LogP contribution in [0.4, 0.5) is 24.5 Å². The van der Waals surface area contributed by atoms with Crippen LogP contribution < -0.4 is 10.2 Å². The Bertz CT molecular complexity index is 790. The summed E-state index contributed by atoms with van der Waals surface area (Å²) in [6.07, 6.45) is -3.41. The predicted octanol–water partition coefficient (Wildman–Crippen LogP) is 3.75. The highest BCUT2D eigenvalue weighted by molar-refractivity contribution is 7.99. The Kier molecular flexibility index (Phi) is 5.67. The van der Waals surface area contributed by atoms with E-state index in [0.29, 0.717) is 10.7 Å². The smallest absolute Gasteiger partial charge is 0.369 e. The summed E-state index contributed by atoms with van der Waals surface area (Å²) in [5, 5.41) is 6.49. The molecule has 1 aromatic carbocycles. The second kappa shape index (κ2) is 7.79. The molecular weight excluding hydrogens is 389 g/mol. The van der Waals surface area contributed by atoms with Crippen LogP contribution in [0, 0.1) is 0 Å². The van der Waals surface area contributed by atoms with Crippen LogP contribution in [0.25, 0.3) is 0 Å². The molecule has 0 aliphatic carbocycles. The first kappa shape index (κ1) is 18.9. The van der Waals surface area contributed by atoms with Gasteiger partial charge in [-0.15, -0.1) is 0 Å². The van der Waals surface area contributed by atoms with Crippen LogP contribution >= 0.6 is 23.4 Å². The van der Waals surface area contributed by atoms with Gasteiger partial charge in [0.25, 0.3) is 0 Å². The zero-order valence-corrected chi connectivity index (χ0v) is 15.2. The lowest BCUT2D eigenvalue weighted by Gasteiger charge is -2.29. The van der Waals surface area contributed by atoms with Crippen molar-refractivity contribution in [3.05, 3.63) is 41.2 Å². The molecular formula is C16H16ClF3N4OS. The molecule has 1 aliphatic heterocycles. The highest BCUT2D eigenvalue weighted by Gasteiger charge is 2.33. The molecule has 0 spiro atoms. The Balaban J connectivity index is 1.62. The van der Waals surface area contributed by atoms with Gasteiger partial charge in [-0.2, -0.15) is 30.0 Å². The van der Waals surface area contributed by atoms with Crippen LogP contribution in [0.2, 0.25) is 5.02 Å². The van der Waals surface area contributed by atoms with Crippen molar-refractivity contribution in [2.45, 2.75) is 12.7 Å². The van der Waals surface area contributed by atoms with Crippen molar-refractivity contribution in [1.82, 2.24) is 9.78 Å². The van der Waals surface area contributed by atoms with Crippen molar-refractivity contribution in [1.29, 1.82) is 0 Å². The molecule has 2 aromatic rings. The molecule has 0 bridgehead atoms. The van der Waals surface area contributed by atoms with E-state index in [1.165, 1.54) is 0 Å². The van der Waals surface area contributed by atoms with Crippen LogP contribution in [-0.2, 0) is 17.5 Å². The fourth-order valence-electron chi connectivity index (χ4n) is 2.59. The summed E-state index contributed by atoms with van der Waals surface area (Å²) in [6.45, 7) is 1.51. The number of rotatable bonds is 4. The summed E-state index contributed by atoms with van der Waals surface area (Å²) in [5.74, 6) is 1.59. The SMILES string of the molecule is O=C(Cn1ccc(C(F)(F)F)n1)Nc1ccc(N2CCSCC2)c(Cl)c1. The number of alkyl halides is 3. The van der Waals surface area contributed by atoms with Crippen LogP contribution in [0.3, 0.4) is 0 Å². The minimum atomic E-state index is -4.53. The Morgan fingerprint density at radius 1 is 1.27 bits per heavy atom. The number of anilines is 2. The number of thioether (sulfide) groups is 1. The molecule has 3 rings (SSSR count). The maximum atomic E-state index is 12.5. The Labute approximate surface area is 157 Å². The molecule has 10 heteroatoms. The maximum Gasteiger partial charge on any atom is 0.435 e. The summed E-state index contributed by atoms with van der Waals surface area (Å²) in [5.41, 5.74) is 0.364. The standard InChI is InChI=1S/C16H16ClF3N4OS/c17-12-9-11(1-2-13(12)23-5-7-26-8-6-23)21-15(25)10-24-4-3-14(22-24)16(18,19)20/h1-4,9H,5-8,10H2,(H,21,25). The van der Waals surface area contributed by atoms with Gasteiger partial charge in [-0.05, 0) is 24.3 Å². The summed E-state index contributed by atoms with van der Waals surface area (Å²) in [6, 6.07) is 6.03. The molecule has 0 unspecified atom stereocenters. The second-order valence-corrected chi connectivity index (χ2v) is 7.34. The zero-order valence-electron chi connectivity index (χ0n) is 13.6. The largest absolute Gasteiger partial charge is 0.435 e. The van der Waals surface area contributed by atoms with Crippen LogP contribution in [0.5, 0.6) is 0 Å². The fraction of sp³-hybridized carbons (Fsp3) is 0.375. The molecule has 1 amide bonds. The third-order valence-electron chi connectivity index (χ3n) is 3.82. The van der Waals surface area contributed by atoms with Gasteiger partial charge >= 0.3 is 6.18 Å². The molecule has 2 heterocycles. The van der Waals surface area contributed by atoms with Crippen LogP contribution in [0.15, 0.2) is 30.5 Å². The molecule has 1 aliphatic rings. The number of hydrogen-bond acceptors (Lipinski definition) is 4. The molecule has 140 valence electrons. The lowest BCUT2D eigenvalue weighted by Crippen LogP contribution is -2.32. The van der Waals surface area contributed by atoms with Crippen molar-refractivity contribution < 1.29 is 18.0 Å². The minimum absolute atomic E-state index is 0.321. The molecule has 1 saturated heterocycles. The van der Waals surface area contributed by atoms with Gasteiger partial charge in [-0.1, -0.05) is 11.6 Å². The lowest BCUT2D eigenvalue weighted by molar-refractivity contribution is -0.141. The van der Waals surface area contributed by atoms with Crippen molar-refractivity contribution in [3.8, 4) is 0 Å². The average Bonchev–Trinajstić information content (AvgIpc) is 3.04. The summed E-state index contributed by atoms with van der Waals surface area (Å²) in [7, 11) is 0. The van der Waals surface area contributed by atoms with Gasteiger partial charge in [0.05, 0.1) is 10.7 Å². The molecule has 26 heavy (non-hydrogen) atoms. The molecule has 1 fully saturated rings. The number of carbonyl (C=O) groups is 1. The number of hydrogen-bond donors (Lipinski definition) is 1. The normalized spacial score (nSPS) is 15.2. The van der Waals surface area contributed by atoms with Gasteiger partial charge in [0.2, 0.25) is 5.91 Å². The zero-order chi connectivity index (χ0) is 18.7. The average molecular weight is 405 g/mol. The topological polar surface area (TPSA) is 50.2 Å². The van der Waals surface area contributed by atoms with Gasteiger partial charge in [0, 0.05) is 36.5 Å². The van der Waals surface area contributed by atoms with E-state index in [1.807, 2.05) is 17.8 Å². The number of nitrogens with one attached hydrogen (secondary N) is 1. The molecule has 0 saturated carbocycles. The number of benzene rings is 1. The summed E-state index contributed by atoms with van der Waals surface area (Å²) < 4.78 is 38.5. The lowest BCUT2D eigenvalue weighted by atomic mass is 10.2. The molecule has 1 aromatic heterocycles. The summed E-state index contributed by atoms with van der Waals surface area (Å²) in [4.78, 5) is 14.2. The maximum absolute atomic E-state index is 12.5. The Morgan fingerprint density at radius 2 is 2.00 bits per heavy atom. The quantitative estimate of drug-likeness (QED) is 0.843. The van der Waals surface area contributed by atoms with Gasteiger partial charge in [0.1, 0.15) is 6.54 Å². The highest BCUT2D eigenvalue weighted by atomic mass is 35.5. The predicted molar refractivity (Wildman–Crippen MR) is 96.8 cm³/mol. The van der Waals surface area contributed by atoms with E-state index in [2.05, 4.69) is 15.3 Å².